The molecule has 1 aromatic heterocycles. The molecule has 1 aliphatic rings. The van der Waals surface area contributed by atoms with Crippen LogP contribution in [0.15, 0.2) is 42.6 Å². The fraction of sp³-hybridized carbons (Fsp3) is 0.312. The van der Waals surface area contributed by atoms with Gasteiger partial charge in [0.15, 0.2) is 0 Å². The van der Waals surface area contributed by atoms with Crippen molar-refractivity contribution in [2.75, 3.05) is 24.0 Å². The standard InChI is InChI=1S/C16H18FN3O/c1-21-19-16-8-7-14(11-18-16)20-9-3-6-15(20)12-4-2-5-13(17)10-12/h2,4-5,7-8,10-11,15H,3,6,9H2,1H3,(H,18,19). The molecule has 1 N–H and O–H groups in total. The summed E-state index contributed by atoms with van der Waals surface area (Å²) in [7, 11) is 1.55. The molecule has 2 heterocycles. The second-order valence-corrected chi connectivity index (χ2v) is 5.11. The van der Waals surface area contributed by atoms with Crippen LogP contribution in [-0.4, -0.2) is 18.6 Å². The number of pyridine rings is 1. The summed E-state index contributed by atoms with van der Waals surface area (Å²) < 4.78 is 13.4. The Balaban J connectivity index is 1.83. The minimum Gasteiger partial charge on any atom is -0.363 e. The molecule has 0 amide bonds. The van der Waals surface area contributed by atoms with E-state index in [4.69, 9.17) is 4.84 Å². The first kappa shape index (κ1) is 13.8. The lowest BCUT2D eigenvalue weighted by molar-refractivity contribution is 0.269. The largest absolute Gasteiger partial charge is 0.363 e. The van der Waals surface area contributed by atoms with Crippen LogP contribution < -0.4 is 10.4 Å². The Bertz CT molecular complexity index is 603. The van der Waals surface area contributed by atoms with Gasteiger partial charge in [-0.15, -0.1) is 0 Å². The zero-order valence-electron chi connectivity index (χ0n) is 11.9. The van der Waals surface area contributed by atoms with Crippen molar-refractivity contribution < 1.29 is 9.23 Å². The highest BCUT2D eigenvalue weighted by Gasteiger charge is 2.26. The molecule has 21 heavy (non-hydrogen) atoms. The van der Waals surface area contributed by atoms with E-state index < -0.39 is 0 Å². The van der Waals surface area contributed by atoms with Gasteiger partial charge in [0.05, 0.1) is 25.0 Å². The zero-order chi connectivity index (χ0) is 14.7. The predicted octanol–water partition coefficient (Wildman–Crippen LogP) is 3.54. The van der Waals surface area contributed by atoms with Crippen molar-refractivity contribution in [1.29, 1.82) is 0 Å². The number of benzene rings is 1. The van der Waals surface area contributed by atoms with Crippen LogP contribution in [0, 0.1) is 5.82 Å². The molecule has 0 saturated carbocycles. The van der Waals surface area contributed by atoms with Gasteiger partial charge >= 0.3 is 0 Å². The van der Waals surface area contributed by atoms with E-state index in [0.717, 1.165) is 30.6 Å². The summed E-state index contributed by atoms with van der Waals surface area (Å²) in [4.78, 5) is 11.4. The molecule has 1 fully saturated rings. The second-order valence-electron chi connectivity index (χ2n) is 5.11. The van der Waals surface area contributed by atoms with Gasteiger partial charge in [-0.2, -0.15) is 0 Å². The molecule has 0 radical (unpaired) electrons. The number of hydrogen-bond acceptors (Lipinski definition) is 4. The van der Waals surface area contributed by atoms with E-state index in [1.54, 1.807) is 19.2 Å². The fourth-order valence-electron chi connectivity index (χ4n) is 2.86. The van der Waals surface area contributed by atoms with Crippen LogP contribution in [0.1, 0.15) is 24.4 Å². The number of halogens is 1. The highest BCUT2D eigenvalue weighted by molar-refractivity contribution is 5.51. The van der Waals surface area contributed by atoms with Crippen molar-refractivity contribution in [2.45, 2.75) is 18.9 Å². The molecule has 2 aromatic rings. The molecule has 1 aliphatic heterocycles. The van der Waals surface area contributed by atoms with E-state index in [2.05, 4.69) is 15.4 Å². The van der Waals surface area contributed by atoms with Crippen LogP contribution in [0.4, 0.5) is 15.9 Å². The van der Waals surface area contributed by atoms with Crippen LogP contribution in [0.3, 0.4) is 0 Å². The van der Waals surface area contributed by atoms with Crippen LogP contribution >= 0.6 is 0 Å². The number of anilines is 2. The molecule has 1 saturated heterocycles. The summed E-state index contributed by atoms with van der Waals surface area (Å²) in [5, 5.41) is 0. The third kappa shape index (κ3) is 2.97. The van der Waals surface area contributed by atoms with Gasteiger partial charge in [-0.3, -0.25) is 4.84 Å². The molecule has 1 aromatic carbocycles. The maximum atomic E-state index is 13.4. The Labute approximate surface area is 123 Å². The van der Waals surface area contributed by atoms with Gasteiger partial charge in [0.2, 0.25) is 0 Å². The van der Waals surface area contributed by atoms with E-state index >= 15 is 0 Å². The van der Waals surface area contributed by atoms with Crippen LogP contribution in [0.2, 0.25) is 0 Å². The first-order valence-corrected chi connectivity index (χ1v) is 7.05. The predicted molar refractivity (Wildman–Crippen MR) is 80.6 cm³/mol. The Morgan fingerprint density at radius 2 is 2.24 bits per heavy atom. The minimum absolute atomic E-state index is 0.183. The third-order valence-electron chi connectivity index (χ3n) is 3.77. The molecule has 3 rings (SSSR count). The van der Waals surface area contributed by atoms with Crippen molar-refractivity contribution in [1.82, 2.24) is 4.98 Å². The number of nitrogens with one attached hydrogen (secondary N) is 1. The monoisotopic (exact) mass is 287 g/mol. The van der Waals surface area contributed by atoms with Gasteiger partial charge < -0.3 is 4.90 Å². The maximum Gasteiger partial charge on any atom is 0.149 e. The number of aromatic nitrogens is 1. The first-order valence-electron chi connectivity index (χ1n) is 7.05. The van der Waals surface area contributed by atoms with Crippen LogP contribution in [0.5, 0.6) is 0 Å². The molecule has 0 aliphatic carbocycles. The van der Waals surface area contributed by atoms with E-state index in [0.29, 0.717) is 5.82 Å². The molecule has 0 spiro atoms. The van der Waals surface area contributed by atoms with Gasteiger partial charge in [-0.25, -0.2) is 14.9 Å². The summed E-state index contributed by atoms with van der Waals surface area (Å²) in [6, 6.07) is 11.0. The molecule has 1 atom stereocenters. The molecule has 0 bridgehead atoms. The van der Waals surface area contributed by atoms with Gasteiger partial charge in [0, 0.05) is 6.54 Å². The zero-order valence-corrected chi connectivity index (χ0v) is 11.9. The van der Waals surface area contributed by atoms with Crippen molar-refractivity contribution in [3.63, 3.8) is 0 Å². The van der Waals surface area contributed by atoms with E-state index in [1.165, 1.54) is 6.07 Å². The summed E-state index contributed by atoms with van der Waals surface area (Å²) in [6.07, 6.45) is 3.94. The highest BCUT2D eigenvalue weighted by Crippen LogP contribution is 2.36. The van der Waals surface area contributed by atoms with Crippen molar-refractivity contribution in [2.24, 2.45) is 0 Å². The molecular weight excluding hydrogens is 269 g/mol. The first-order chi connectivity index (χ1) is 10.3. The number of hydrogen-bond donors (Lipinski definition) is 1. The van der Waals surface area contributed by atoms with Gasteiger partial charge in [0.25, 0.3) is 0 Å². The van der Waals surface area contributed by atoms with Gasteiger partial charge in [-0.05, 0) is 42.7 Å². The van der Waals surface area contributed by atoms with E-state index in [9.17, 15) is 4.39 Å². The lowest BCUT2D eigenvalue weighted by atomic mass is 10.0. The average molecular weight is 287 g/mol. The smallest absolute Gasteiger partial charge is 0.149 e. The molecule has 1 unspecified atom stereocenters. The molecular formula is C16H18FN3O. The summed E-state index contributed by atoms with van der Waals surface area (Å²) in [6.45, 7) is 0.958. The van der Waals surface area contributed by atoms with Gasteiger partial charge in [0.1, 0.15) is 11.6 Å². The van der Waals surface area contributed by atoms with Gasteiger partial charge in [-0.1, -0.05) is 12.1 Å². The summed E-state index contributed by atoms with van der Waals surface area (Å²) >= 11 is 0. The number of rotatable bonds is 4. The SMILES string of the molecule is CONc1ccc(N2CCCC2c2cccc(F)c2)cn1. The summed E-state index contributed by atoms with van der Waals surface area (Å²) in [5.41, 5.74) is 4.76. The quantitative estimate of drug-likeness (QED) is 0.873. The maximum absolute atomic E-state index is 13.4. The molecule has 5 heteroatoms. The second kappa shape index (κ2) is 6.10. The summed E-state index contributed by atoms with van der Waals surface area (Å²) in [5.74, 6) is 0.486. The average Bonchev–Trinajstić information content (AvgIpc) is 2.98. The van der Waals surface area contributed by atoms with Crippen molar-refractivity contribution in [3.05, 3.63) is 54.0 Å². The lowest BCUT2D eigenvalue weighted by Crippen LogP contribution is -2.22. The Kier molecular flexibility index (Phi) is 4.01. The van der Waals surface area contributed by atoms with E-state index in [-0.39, 0.29) is 11.9 Å². The Morgan fingerprint density at radius 3 is 2.95 bits per heavy atom. The van der Waals surface area contributed by atoms with Crippen LogP contribution in [0.25, 0.3) is 0 Å². The van der Waals surface area contributed by atoms with Crippen molar-refractivity contribution >= 4 is 11.5 Å². The molecule has 4 nitrogen and oxygen atoms in total. The Morgan fingerprint density at radius 1 is 1.33 bits per heavy atom. The van der Waals surface area contributed by atoms with Crippen LogP contribution in [-0.2, 0) is 4.84 Å². The van der Waals surface area contributed by atoms with E-state index in [1.807, 2.05) is 24.4 Å². The normalized spacial score (nSPS) is 18.0. The topological polar surface area (TPSA) is 37.4 Å². The molecule has 110 valence electrons. The minimum atomic E-state index is -0.183. The highest BCUT2D eigenvalue weighted by atomic mass is 19.1. The third-order valence-corrected chi connectivity index (χ3v) is 3.77. The Hall–Kier alpha value is -2.14. The van der Waals surface area contributed by atoms with Crippen molar-refractivity contribution in [3.8, 4) is 0 Å². The lowest BCUT2D eigenvalue weighted by Gasteiger charge is -2.27. The fourth-order valence-corrected chi connectivity index (χ4v) is 2.86. The number of nitrogens with zero attached hydrogens (tertiary/aromatic N) is 2.